The standard InChI is InChI=1S/C25H24F3NO5/c1-3-21-20(14-22(34-21)16-4-8-18(9-5-16)25(26,27)28)15(2)33-19-10-6-17(7-11-19)24(32)29-13-12-23(30)31/h4-11,14-15H,3,12-13H2,1-2H3,(H,29,32)(H,30,31). The fraction of sp³-hybridized carbons (Fsp3) is 0.280. The highest BCUT2D eigenvalue weighted by Gasteiger charge is 2.30. The van der Waals surface area contributed by atoms with Crippen LogP contribution in [0.1, 0.15) is 53.6 Å². The number of hydrogen-bond donors (Lipinski definition) is 2. The first-order valence-electron chi connectivity index (χ1n) is 10.7. The van der Waals surface area contributed by atoms with Crippen molar-refractivity contribution in [2.75, 3.05) is 6.54 Å². The van der Waals surface area contributed by atoms with Crippen LogP contribution in [0.3, 0.4) is 0 Å². The molecule has 1 heterocycles. The Kier molecular flexibility index (Phi) is 7.65. The molecule has 0 spiro atoms. The molecule has 2 aromatic carbocycles. The van der Waals surface area contributed by atoms with E-state index in [2.05, 4.69) is 5.32 Å². The summed E-state index contributed by atoms with van der Waals surface area (Å²) < 4.78 is 50.3. The van der Waals surface area contributed by atoms with Crippen molar-refractivity contribution in [3.05, 3.63) is 77.0 Å². The molecule has 9 heteroatoms. The third-order valence-corrected chi connectivity index (χ3v) is 5.15. The first kappa shape index (κ1) is 24.9. The number of carbonyl (C=O) groups is 2. The molecule has 1 amide bonds. The highest BCUT2D eigenvalue weighted by Crippen LogP contribution is 2.34. The van der Waals surface area contributed by atoms with Gasteiger partial charge in [0.25, 0.3) is 5.91 Å². The summed E-state index contributed by atoms with van der Waals surface area (Å²) in [5.41, 5.74) is 0.939. The lowest BCUT2D eigenvalue weighted by molar-refractivity contribution is -0.138. The van der Waals surface area contributed by atoms with Gasteiger partial charge in [0.2, 0.25) is 0 Å². The van der Waals surface area contributed by atoms with E-state index in [4.69, 9.17) is 14.3 Å². The van der Waals surface area contributed by atoms with Gasteiger partial charge in [-0.15, -0.1) is 0 Å². The number of nitrogens with one attached hydrogen (secondary N) is 1. The fourth-order valence-corrected chi connectivity index (χ4v) is 3.37. The molecule has 0 bridgehead atoms. The summed E-state index contributed by atoms with van der Waals surface area (Å²) in [6, 6.07) is 12.9. The highest BCUT2D eigenvalue weighted by molar-refractivity contribution is 5.94. The summed E-state index contributed by atoms with van der Waals surface area (Å²) in [6.45, 7) is 3.77. The van der Waals surface area contributed by atoms with E-state index in [0.29, 0.717) is 34.8 Å². The second-order valence-electron chi connectivity index (χ2n) is 7.60. The molecule has 0 aliphatic carbocycles. The number of benzene rings is 2. The normalized spacial score (nSPS) is 12.3. The van der Waals surface area contributed by atoms with Crippen molar-refractivity contribution in [3.8, 4) is 17.1 Å². The Morgan fingerprint density at radius 2 is 1.74 bits per heavy atom. The fourth-order valence-electron chi connectivity index (χ4n) is 3.37. The van der Waals surface area contributed by atoms with Crippen molar-refractivity contribution in [2.24, 2.45) is 0 Å². The molecule has 1 aromatic heterocycles. The number of hydrogen-bond acceptors (Lipinski definition) is 4. The highest BCUT2D eigenvalue weighted by atomic mass is 19.4. The van der Waals surface area contributed by atoms with Gasteiger partial charge in [0.15, 0.2) is 0 Å². The molecule has 2 N–H and O–H groups in total. The van der Waals surface area contributed by atoms with Crippen LogP contribution in [0.25, 0.3) is 11.3 Å². The minimum atomic E-state index is -4.40. The van der Waals surface area contributed by atoms with Gasteiger partial charge in [-0.25, -0.2) is 0 Å². The first-order valence-corrected chi connectivity index (χ1v) is 10.7. The Morgan fingerprint density at radius 1 is 1.09 bits per heavy atom. The number of carbonyl (C=O) groups excluding carboxylic acids is 1. The van der Waals surface area contributed by atoms with E-state index in [0.717, 1.165) is 17.7 Å². The second-order valence-corrected chi connectivity index (χ2v) is 7.60. The van der Waals surface area contributed by atoms with E-state index < -0.39 is 23.8 Å². The number of aryl methyl sites for hydroxylation is 1. The van der Waals surface area contributed by atoms with Crippen molar-refractivity contribution in [1.29, 1.82) is 0 Å². The lowest BCUT2D eigenvalue weighted by Gasteiger charge is -2.15. The number of amides is 1. The number of carboxylic acids is 1. The molecular formula is C25H24F3NO5. The lowest BCUT2D eigenvalue weighted by atomic mass is 10.1. The average molecular weight is 475 g/mol. The molecule has 0 aliphatic rings. The van der Waals surface area contributed by atoms with Gasteiger partial charge in [-0.1, -0.05) is 19.1 Å². The Morgan fingerprint density at radius 3 is 2.29 bits per heavy atom. The van der Waals surface area contributed by atoms with Crippen molar-refractivity contribution in [2.45, 2.75) is 39.0 Å². The van der Waals surface area contributed by atoms with Gasteiger partial charge in [0.05, 0.1) is 12.0 Å². The van der Waals surface area contributed by atoms with Crippen LogP contribution >= 0.6 is 0 Å². The number of aliphatic carboxylic acids is 1. The molecule has 3 rings (SSSR count). The first-order chi connectivity index (χ1) is 16.1. The smallest absolute Gasteiger partial charge is 0.416 e. The summed E-state index contributed by atoms with van der Waals surface area (Å²) in [5.74, 6) is 0.241. The van der Waals surface area contributed by atoms with Gasteiger partial charge >= 0.3 is 12.1 Å². The SMILES string of the molecule is CCc1oc(-c2ccc(C(F)(F)F)cc2)cc1C(C)Oc1ccc(C(=O)NCCC(=O)O)cc1. The maximum absolute atomic E-state index is 12.8. The zero-order valence-corrected chi connectivity index (χ0v) is 18.6. The molecular weight excluding hydrogens is 451 g/mol. The van der Waals surface area contributed by atoms with E-state index in [1.807, 2.05) is 13.8 Å². The van der Waals surface area contributed by atoms with Crippen molar-refractivity contribution >= 4 is 11.9 Å². The molecule has 0 fully saturated rings. The van der Waals surface area contributed by atoms with Gasteiger partial charge in [0, 0.05) is 29.7 Å². The zero-order chi connectivity index (χ0) is 24.9. The molecule has 3 aromatic rings. The minimum Gasteiger partial charge on any atom is -0.486 e. The number of rotatable bonds is 9. The van der Waals surface area contributed by atoms with Gasteiger partial charge in [0.1, 0.15) is 23.4 Å². The number of halogens is 3. The number of ether oxygens (including phenoxy) is 1. The molecule has 0 aliphatic heterocycles. The topological polar surface area (TPSA) is 88.8 Å². The van der Waals surface area contributed by atoms with E-state index >= 15 is 0 Å². The van der Waals surface area contributed by atoms with Crippen LogP contribution in [-0.2, 0) is 17.4 Å². The Bertz CT molecular complexity index is 1130. The zero-order valence-electron chi connectivity index (χ0n) is 18.6. The molecule has 180 valence electrons. The van der Waals surface area contributed by atoms with Gasteiger partial charge < -0.3 is 19.6 Å². The van der Waals surface area contributed by atoms with Crippen LogP contribution in [0, 0.1) is 0 Å². The second kappa shape index (κ2) is 10.5. The number of carboxylic acid groups (broad SMARTS) is 1. The molecule has 6 nitrogen and oxygen atoms in total. The molecule has 34 heavy (non-hydrogen) atoms. The third-order valence-electron chi connectivity index (χ3n) is 5.15. The Hall–Kier alpha value is -3.75. The summed E-state index contributed by atoms with van der Waals surface area (Å²) in [7, 11) is 0. The van der Waals surface area contributed by atoms with E-state index in [1.54, 1.807) is 30.3 Å². The van der Waals surface area contributed by atoms with Crippen LogP contribution in [0.5, 0.6) is 5.75 Å². The summed E-state index contributed by atoms with van der Waals surface area (Å²) in [5, 5.41) is 11.2. The van der Waals surface area contributed by atoms with Crippen LogP contribution < -0.4 is 10.1 Å². The van der Waals surface area contributed by atoms with Gasteiger partial charge in [-0.05, 0) is 49.4 Å². The predicted octanol–water partition coefficient (Wildman–Crippen LogP) is 5.87. The Labute approximate surface area is 194 Å². The third kappa shape index (κ3) is 6.18. The van der Waals surface area contributed by atoms with Crippen molar-refractivity contribution in [1.82, 2.24) is 5.32 Å². The summed E-state index contributed by atoms with van der Waals surface area (Å²) >= 11 is 0. The van der Waals surface area contributed by atoms with E-state index in [9.17, 15) is 22.8 Å². The summed E-state index contributed by atoms with van der Waals surface area (Å²) in [4.78, 5) is 22.6. The van der Waals surface area contributed by atoms with Gasteiger partial charge in [-0.2, -0.15) is 13.2 Å². The predicted molar refractivity (Wildman–Crippen MR) is 119 cm³/mol. The molecule has 1 unspecified atom stereocenters. The van der Waals surface area contributed by atoms with Crippen LogP contribution in [0.4, 0.5) is 13.2 Å². The van der Waals surface area contributed by atoms with E-state index in [-0.39, 0.29) is 18.9 Å². The molecule has 1 atom stereocenters. The monoisotopic (exact) mass is 475 g/mol. The van der Waals surface area contributed by atoms with Gasteiger partial charge in [-0.3, -0.25) is 9.59 Å². The van der Waals surface area contributed by atoms with Crippen LogP contribution in [0.2, 0.25) is 0 Å². The summed E-state index contributed by atoms with van der Waals surface area (Å²) in [6.07, 6.45) is -4.42. The molecule has 0 saturated carbocycles. The van der Waals surface area contributed by atoms with E-state index in [1.165, 1.54) is 12.1 Å². The van der Waals surface area contributed by atoms with Crippen LogP contribution in [0.15, 0.2) is 59.0 Å². The minimum absolute atomic E-state index is 0.0327. The molecule has 0 radical (unpaired) electrons. The number of alkyl halides is 3. The maximum atomic E-state index is 12.8. The largest absolute Gasteiger partial charge is 0.486 e. The quantitative estimate of drug-likeness (QED) is 0.404. The number of furan rings is 1. The lowest BCUT2D eigenvalue weighted by Crippen LogP contribution is -2.25. The van der Waals surface area contributed by atoms with Crippen LogP contribution in [-0.4, -0.2) is 23.5 Å². The molecule has 0 saturated heterocycles. The Balaban J connectivity index is 1.70. The van der Waals surface area contributed by atoms with Crippen molar-refractivity contribution in [3.63, 3.8) is 0 Å². The van der Waals surface area contributed by atoms with Crippen molar-refractivity contribution < 1.29 is 37.0 Å². The maximum Gasteiger partial charge on any atom is 0.416 e. The average Bonchev–Trinajstić information content (AvgIpc) is 3.23.